The minimum atomic E-state index is 0.0319. The van der Waals surface area contributed by atoms with E-state index < -0.39 is 0 Å². The standard InChI is InChI=1S/C12H17N3O2/c16-12(14-11-2-1-4-13-10-11)3-5-15-6-8-17-9-7-15/h1-2,4,10H,3,5-9H2,(H,14,16). The average molecular weight is 235 g/mol. The lowest BCUT2D eigenvalue weighted by Gasteiger charge is -2.26. The number of pyridine rings is 1. The fourth-order valence-corrected chi connectivity index (χ4v) is 1.74. The SMILES string of the molecule is O=C(CCN1CCOCC1)Nc1cccnc1. The highest BCUT2D eigenvalue weighted by molar-refractivity contribution is 5.90. The Morgan fingerprint density at radius 3 is 3.00 bits per heavy atom. The second kappa shape index (κ2) is 6.32. The molecule has 1 amide bonds. The summed E-state index contributed by atoms with van der Waals surface area (Å²) in [4.78, 5) is 17.8. The first-order valence-corrected chi connectivity index (χ1v) is 5.84. The molecule has 92 valence electrons. The van der Waals surface area contributed by atoms with Crippen molar-refractivity contribution in [3.63, 3.8) is 0 Å². The van der Waals surface area contributed by atoms with Crippen LogP contribution in [0.3, 0.4) is 0 Å². The van der Waals surface area contributed by atoms with E-state index in [1.54, 1.807) is 18.5 Å². The van der Waals surface area contributed by atoms with Gasteiger partial charge in [-0.15, -0.1) is 0 Å². The molecule has 0 radical (unpaired) electrons. The zero-order valence-corrected chi connectivity index (χ0v) is 9.76. The smallest absolute Gasteiger partial charge is 0.225 e. The van der Waals surface area contributed by atoms with Crippen molar-refractivity contribution in [1.29, 1.82) is 0 Å². The van der Waals surface area contributed by atoms with Gasteiger partial charge in [0.25, 0.3) is 0 Å². The molecule has 0 aromatic carbocycles. The molecule has 1 aromatic heterocycles. The van der Waals surface area contributed by atoms with E-state index in [4.69, 9.17) is 4.74 Å². The van der Waals surface area contributed by atoms with Crippen LogP contribution in [-0.4, -0.2) is 48.6 Å². The summed E-state index contributed by atoms with van der Waals surface area (Å²) >= 11 is 0. The van der Waals surface area contributed by atoms with Crippen molar-refractivity contribution in [2.24, 2.45) is 0 Å². The van der Waals surface area contributed by atoms with Crippen LogP contribution in [-0.2, 0) is 9.53 Å². The second-order valence-electron chi connectivity index (χ2n) is 3.99. The first kappa shape index (κ1) is 12.0. The van der Waals surface area contributed by atoms with Gasteiger partial charge in [0.15, 0.2) is 0 Å². The molecule has 1 N–H and O–H groups in total. The van der Waals surface area contributed by atoms with Crippen molar-refractivity contribution < 1.29 is 9.53 Å². The van der Waals surface area contributed by atoms with Crippen molar-refractivity contribution in [3.8, 4) is 0 Å². The number of anilines is 1. The van der Waals surface area contributed by atoms with E-state index in [9.17, 15) is 4.79 Å². The minimum absolute atomic E-state index is 0.0319. The Morgan fingerprint density at radius 1 is 1.47 bits per heavy atom. The average Bonchev–Trinajstić information content (AvgIpc) is 2.39. The van der Waals surface area contributed by atoms with Crippen LogP contribution >= 0.6 is 0 Å². The van der Waals surface area contributed by atoms with Gasteiger partial charge in [0.05, 0.1) is 25.1 Å². The van der Waals surface area contributed by atoms with Gasteiger partial charge in [-0.2, -0.15) is 0 Å². The number of nitrogens with zero attached hydrogens (tertiary/aromatic N) is 2. The Bertz CT molecular complexity index is 350. The van der Waals surface area contributed by atoms with E-state index in [1.165, 1.54) is 0 Å². The van der Waals surface area contributed by atoms with Crippen molar-refractivity contribution in [1.82, 2.24) is 9.88 Å². The number of ether oxygens (including phenoxy) is 1. The normalized spacial score (nSPS) is 16.7. The molecule has 2 rings (SSSR count). The topological polar surface area (TPSA) is 54.5 Å². The molecular weight excluding hydrogens is 218 g/mol. The lowest BCUT2D eigenvalue weighted by molar-refractivity contribution is -0.116. The molecular formula is C12H17N3O2. The first-order chi connectivity index (χ1) is 8.34. The van der Waals surface area contributed by atoms with Crippen molar-refractivity contribution in [3.05, 3.63) is 24.5 Å². The van der Waals surface area contributed by atoms with Gasteiger partial charge in [0.1, 0.15) is 0 Å². The van der Waals surface area contributed by atoms with Gasteiger partial charge in [-0.05, 0) is 12.1 Å². The number of morpholine rings is 1. The molecule has 1 fully saturated rings. The highest BCUT2D eigenvalue weighted by Crippen LogP contribution is 2.04. The molecule has 0 bridgehead atoms. The van der Waals surface area contributed by atoms with Crippen LogP contribution < -0.4 is 5.32 Å². The maximum atomic E-state index is 11.7. The van der Waals surface area contributed by atoms with Gasteiger partial charge in [-0.3, -0.25) is 14.7 Å². The monoisotopic (exact) mass is 235 g/mol. The molecule has 0 aliphatic carbocycles. The van der Waals surface area contributed by atoms with Crippen LogP contribution in [0.25, 0.3) is 0 Å². The quantitative estimate of drug-likeness (QED) is 0.836. The summed E-state index contributed by atoms with van der Waals surface area (Å²) < 4.78 is 5.25. The molecule has 5 heteroatoms. The number of carbonyl (C=O) groups excluding carboxylic acids is 1. The van der Waals surface area contributed by atoms with E-state index >= 15 is 0 Å². The third-order valence-electron chi connectivity index (χ3n) is 2.70. The highest BCUT2D eigenvalue weighted by atomic mass is 16.5. The van der Waals surface area contributed by atoms with E-state index in [-0.39, 0.29) is 5.91 Å². The summed E-state index contributed by atoms with van der Waals surface area (Å²) in [6.07, 6.45) is 3.84. The summed E-state index contributed by atoms with van der Waals surface area (Å²) in [5.74, 6) is 0.0319. The number of carbonyl (C=O) groups is 1. The van der Waals surface area contributed by atoms with Gasteiger partial charge in [-0.25, -0.2) is 0 Å². The van der Waals surface area contributed by atoms with Crippen molar-refractivity contribution in [2.75, 3.05) is 38.2 Å². The fourth-order valence-electron chi connectivity index (χ4n) is 1.74. The van der Waals surface area contributed by atoms with E-state index in [1.807, 2.05) is 6.07 Å². The molecule has 17 heavy (non-hydrogen) atoms. The third-order valence-corrected chi connectivity index (χ3v) is 2.70. The predicted molar refractivity (Wildman–Crippen MR) is 64.7 cm³/mol. The lowest BCUT2D eigenvalue weighted by Crippen LogP contribution is -2.38. The third kappa shape index (κ3) is 4.13. The Kier molecular flexibility index (Phi) is 4.46. The number of amides is 1. The summed E-state index contributed by atoms with van der Waals surface area (Å²) in [5, 5.41) is 2.82. The Morgan fingerprint density at radius 2 is 2.29 bits per heavy atom. The molecule has 0 unspecified atom stereocenters. The summed E-state index contributed by atoms with van der Waals surface area (Å²) in [5.41, 5.74) is 0.750. The van der Waals surface area contributed by atoms with Crippen LogP contribution in [0, 0.1) is 0 Å². The molecule has 1 saturated heterocycles. The number of hydrogen-bond acceptors (Lipinski definition) is 4. The number of aromatic nitrogens is 1. The van der Waals surface area contributed by atoms with Gasteiger partial charge in [0, 0.05) is 32.3 Å². The molecule has 1 aliphatic heterocycles. The largest absolute Gasteiger partial charge is 0.379 e. The van der Waals surface area contributed by atoms with Gasteiger partial charge in [0.2, 0.25) is 5.91 Å². The summed E-state index contributed by atoms with van der Waals surface area (Å²) in [6, 6.07) is 3.64. The maximum absolute atomic E-state index is 11.7. The summed E-state index contributed by atoms with van der Waals surface area (Å²) in [7, 11) is 0. The maximum Gasteiger partial charge on any atom is 0.225 e. The molecule has 0 atom stereocenters. The van der Waals surface area contributed by atoms with Crippen molar-refractivity contribution >= 4 is 11.6 Å². The Balaban J connectivity index is 1.70. The minimum Gasteiger partial charge on any atom is -0.379 e. The van der Waals surface area contributed by atoms with Gasteiger partial charge < -0.3 is 10.1 Å². The van der Waals surface area contributed by atoms with Crippen LogP contribution in [0.5, 0.6) is 0 Å². The molecule has 2 heterocycles. The summed E-state index contributed by atoms with van der Waals surface area (Å²) in [6.45, 7) is 4.16. The highest BCUT2D eigenvalue weighted by Gasteiger charge is 2.11. The van der Waals surface area contributed by atoms with Crippen LogP contribution in [0.2, 0.25) is 0 Å². The van der Waals surface area contributed by atoms with Crippen molar-refractivity contribution in [2.45, 2.75) is 6.42 Å². The van der Waals surface area contributed by atoms with E-state index in [0.29, 0.717) is 6.42 Å². The Hall–Kier alpha value is -1.46. The zero-order chi connectivity index (χ0) is 11.9. The predicted octanol–water partition coefficient (Wildman–Crippen LogP) is 0.742. The molecule has 5 nitrogen and oxygen atoms in total. The van der Waals surface area contributed by atoms with Crippen LogP contribution in [0.1, 0.15) is 6.42 Å². The lowest BCUT2D eigenvalue weighted by atomic mass is 10.3. The zero-order valence-electron chi connectivity index (χ0n) is 9.76. The van der Waals surface area contributed by atoms with E-state index in [2.05, 4.69) is 15.2 Å². The Labute approximate surface area is 101 Å². The van der Waals surface area contributed by atoms with Crippen LogP contribution in [0.4, 0.5) is 5.69 Å². The fraction of sp³-hybridized carbons (Fsp3) is 0.500. The number of rotatable bonds is 4. The second-order valence-corrected chi connectivity index (χ2v) is 3.99. The van der Waals surface area contributed by atoms with Gasteiger partial charge >= 0.3 is 0 Å². The number of nitrogens with one attached hydrogen (secondary N) is 1. The molecule has 0 spiro atoms. The van der Waals surface area contributed by atoms with E-state index in [0.717, 1.165) is 38.5 Å². The molecule has 0 saturated carbocycles. The first-order valence-electron chi connectivity index (χ1n) is 5.84. The molecule has 1 aromatic rings. The number of hydrogen-bond donors (Lipinski definition) is 1. The van der Waals surface area contributed by atoms with Crippen LogP contribution in [0.15, 0.2) is 24.5 Å². The molecule has 1 aliphatic rings. The van der Waals surface area contributed by atoms with Gasteiger partial charge in [-0.1, -0.05) is 0 Å².